The van der Waals surface area contributed by atoms with E-state index < -0.39 is 0 Å². The average Bonchev–Trinajstić information content (AvgIpc) is 2.97. The molecule has 2 heterocycles. The van der Waals surface area contributed by atoms with Gasteiger partial charge in [0.1, 0.15) is 5.84 Å². The number of aromatic nitrogens is 2. The number of para-hydroxylation sites is 3. The molecular formula is C15H11N3O. The zero-order valence-corrected chi connectivity index (χ0v) is 10.1. The maximum atomic E-state index is 12.1. The number of nitrogens with one attached hydrogen (secondary N) is 1. The van der Waals surface area contributed by atoms with Crippen LogP contribution in [0.25, 0.3) is 11.0 Å². The fraction of sp³-hybridized carbons (Fsp3) is 0.0667. The second-order valence-corrected chi connectivity index (χ2v) is 4.62. The summed E-state index contributed by atoms with van der Waals surface area (Å²) in [4.78, 5) is 19.5. The first-order valence-corrected chi connectivity index (χ1v) is 6.18. The van der Waals surface area contributed by atoms with E-state index in [0.717, 1.165) is 28.1 Å². The van der Waals surface area contributed by atoms with Crippen molar-refractivity contribution >= 4 is 22.6 Å². The minimum absolute atomic E-state index is 0.132. The van der Waals surface area contributed by atoms with E-state index in [1.807, 2.05) is 48.5 Å². The van der Waals surface area contributed by atoms with Crippen molar-refractivity contribution in [2.75, 3.05) is 0 Å². The third kappa shape index (κ3) is 1.46. The number of rotatable bonds is 0. The number of fused-ring (bicyclic) bond motifs is 2. The van der Waals surface area contributed by atoms with E-state index in [1.54, 1.807) is 4.57 Å². The lowest BCUT2D eigenvalue weighted by molar-refractivity contribution is 1.05. The number of benzene rings is 2. The molecule has 0 aliphatic carbocycles. The van der Waals surface area contributed by atoms with Crippen LogP contribution in [0.15, 0.2) is 58.3 Å². The van der Waals surface area contributed by atoms with Crippen LogP contribution in [-0.4, -0.2) is 15.4 Å². The Hall–Kier alpha value is -2.62. The normalized spacial score (nSPS) is 13.6. The standard InChI is InChI=1S/C15H11N3O/c19-15-17-12-7-3-4-8-13(12)18(15)14-9-10-5-1-2-6-11(10)16-14/h1-8H,9H2,(H,17,19). The van der Waals surface area contributed by atoms with Crippen molar-refractivity contribution in [3.8, 4) is 0 Å². The van der Waals surface area contributed by atoms with Gasteiger partial charge in [-0.3, -0.25) is 0 Å². The van der Waals surface area contributed by atoms with Gasteiger partial charge in [0.05, 0.1) is 16.7 Å². The molecule has 92 valence electrons. The summed E-state index contributed by atoms with van der Waals surface area (Å²) in [5.41, 5.74) is 3.70. The first-order chi connectivity index (χ1) is 9.33. The van der Waals surface area contributed by atoms with Crippen molar-refractivity contribution in [2.45, 2.75) is 6.42 Å². The van der Waals surface area contributed by atoms with E-state index >= 15 is 0 Å². The number of aromatic amines is 1. The first-order valence-electron chi connectivity index (χ1n) is 6.18. The largest absolute Gasteiger partial charge is 0.332 e. The van der Waals surface area contributed by atoms with Gasteiger partial charge in [-0.2, -0.15) is 0 Å². The van der Waals surface area contributed by atoms with Gasteiger partial charge in [-0.1, -0.05) is 30.3 Å². The highest BCUT2D eigenvalue weighted by atomic mass is 16.1. The molecule has 0 bridgehead atoms. The van der Waals surface area contributed by atoms with E-state index in [0.29, 0.717) is 6.42 Å². The van der Waals surface area contributed by atoms with Crippen LogP contribution < -0.4 is 5.69 Å². The minimum atomic E-state index is -0.132. The van der Waals surface area contributed by atoms with Crippen LogP contribution in [0.2, 0.25) is 0 Å². The minimum Gasteiger partial charge on any atom is -0.305 e. The molecule has 4 rings (SSSR count). The molecule has 1 N–H and O–H groups in total. The molecule has 0 atom stereocenters. The van der Waals surface area contributed by atoms with Crippen molar-refractivity contribution in [3.63, 3.8) is 0 Å². The summed E-state index contributed by atoms with van der Waals surface area (Å²) in [6.07, 6.45) is 0.692. The molecular weight excluding hydrogens is 238 g/mol. The zero-order valence-electron chi connectivity index (χ0n) is 10.1. The third-order valence-corrected chi connectivity index (χ3v) is 3.44. The second kappa shape index (κ2) is 3.68. The summed E-state index contributed by atoms with van der Waals surface area (Å²) in [6, 6.07) is 15.6. The monoisotopic (exact) mass is 249 g/mol. The molecule has 1 aliphatic heterocycles. The van der Waals surface area contributed by atoms with Crippen LogP contribution >= 0.6 is 0 Å². The Balaban J connectivity index is 1.94. The van der Waals surface area contributed by atoms with Crippen LogP contribution in [0.3, 0.4) is 0 Å². The number of H-pyrrole nitrogens is 1. The molecule has 4 nitrogen and oxygen atoms in total. The van der Waals surface area contributed by atoms with Crippen LogP contribution in [-0.2, 0) is 6.42 Å². The maximum Gasteiger partial charge on any atom is 0.332 e. The number of imidazole rings is 1. The van der Waals surface area contributed by atoms with Crippen molar-refractivity contribution < 1.29 is 0 Å². The highest BCUT2D eigenvalue weighted by molar-refractivity contribution is 5.99. The van der Waals surface area contributed by atoms with Gasteiger partial charge in [0, 0.05) is 6.42 Å². The molecule has 0 fully saturated rings. The zero-order chi connectivity index (χ0) is 12.8. The smallest absolute Gasteiger partial charge is 0.305 e. The topological polar surface area (TPSA) is 50.1 Å². The fourth-order valence-corrected chi connectivity index (χ4v) is 2.56. The molecule has 3 aromatic rings. The predicted octanol–water partition coefficient (Wildman–Crippen LogP) is 2.46. The summed E-state index contributed by atoms with van der Waals surface area (Å²) >= 11 is 0. The van der Waals surface area contributed by atoms with Crippen LogP contribution in [0.4, 0.5) is 5.69 Å². The van der Waals surface area contributed by atoms with E-state index in [1.165, 1.54) is 0 Å². The number of nitrogens with zero attached hydrogens (tertiary/aromatic N) is 2. The van der Waals surface area contributed by atoms with Crippen molar-refractivity contribution in [2.24, 2.45) is 4.99 Å². The van der Waals surface area contributed by atoms with Gasteiger partial charge < -0.3 is 4.98 Å². The van der Waals surface area contributed by atoms with Crippen LogP contribution in [0, 0.1) is 0 Å². The summed E-state index contributed by atoms with van der Waals surface area (Å²) in [5.74, 6) is 0.781. The summed E-state index contributed by atoms with van der Waals surface area (Å²) in [6.45, 7) is 0. The predicted molar refractivity (Wildman–Crippen MR) is 75.2 cm³/mol. The van der Waals surface area contributed by atoms with Gasteiger partial charge >= 0.3 is 5.69 Å². The number of hydrogen-bond acceptors (Lipinski definition) is 2. The number of aliphatic imine (C=N–C) groups is 1. The Morgan fingerprint density at radius 1 is 1.05 bits per heavy atom. The van der Waals surface area contributed by atoms with E-state index in [9.17, 15) is 4.79 Å². The lowest BCUT2D eigenvalue weighted by atomic mass is 10.1. The molecule has 0 unspecified atom stereocenters. The molecule has 19 heavy (non-hydrogen) atoms. The fourth-order valence-electron chi connectivity index (χ4n) is 2.56. The van der Waals surface area contributed by atoms with Crippen molar-refractivity contribution in [1.29, 1.82) is 0 Å². The molecule has 0 saturated carbocycles. The Labute approximate surface area is 109 Å². The summed E-state index contributed by atoms with van der Waals surface area (Å²) in [7, 11) is 0. The van der Waals surface area contributed by atoms with Crippen LogP contribution in [0.1, 0.15) is 5.56 Å². The molecule has 1 aromatic heterocycles. The van der Waals surface area contributed by atoms with Crippen molar-refractivity contribution in [3.05, 3.63) is 64.6 Å². The molecule has 4 heteroatoms. The molecule has 0 radical (unpaired) electrons. The first kappa shape index (κ1) is 10.3. The van der Waals surface area contributed by atoms with Gasteiger partial charge in [0.25, 0.3) is 0 Å². The van der Waals surface area contributed by atoms with Gasteiger partial charge in [-0.25, -0.2) is 14.4 Å². The van der Waals surface area contributed by atoms with Crippen LogP contribution in [0.5, 0.6) is 0 Å². The van der Waals surface area contributed by atoms with E-state index in [-0.39, 0.29) is 5.69 Å². The Kier molecular flexibility index (Phi) is 2.00. The molecule has 2 aromatic carbocycles. The Bertz CT molecular complexity index is 870. The van der Waals surface area contributed by atoms with E-state index in [4.69, 9.17) is 0 Å². The van der Waals surface area contributed by atoms with Crippen molar-refractivity contribution in [1.82, 2.24) is 9.55 Å². The lowest BCUT2D eigenvalue weighted by Gasteiger charge is -2.01. The summed E-state index contributed by atoms with van der Waals surface area (Å²) in [5, 5.41) is 0. The maximum absolute atomic E-state index is 12.1. The van der Waals surface area contributed by atoms with Gasteiger partial charge in [0.2, 0.25) is 0 Å². The molecule has 0 saturated heterocycles. The quantitative estimate of drug-likeness (QED) is 0.653. The summed E-state index contributed by atoms with van der Waals surface area (Å²) < 4.78 is 1.66. The Morgan fingerprint density at radius 2 is 1.84 bits per heavy atom. The lowest BCUT2D eigenvalue weighted by Crippen LogP contribution is -2.24. The second-order valence-electron chi connectivity index (χ2n) is 4.62. The number of hydrogen-bond donors (Lipinski definition) is 1. The highest BCUT2D eigenvalue weighted by Crippen LogP contribution is 2.26. The van der Waals surface area contributed by atoms with Gasteiger partial charge in [-0.15, -0.1) is 0 Å². The van der Waals surface area contributed by atoms with Gasteiger partial charge in [0.15, 0.2) is 0 Å². The van der Waals surface area contributed by atoms with Gasteiger partial charge in [-0.05, 0) is 23.8 Å². The Morgan fingerprint density at radius 3 is 2.74 bits per heavy atom. The molecule has 0 spiro atoms. The molecule has 0 amide bonds. The van der Waals surface area contributed by atoms with E-state index in [2.05, 4.69) is 9.98 Å². The molecule has 1 aliphatic rings. The third-order valence-electron chi connectivity index (χ3n) is 3.44. The highest BCUT2D eigenvalue weighted by Gasteiger charge is 2.18. The average molecular weight is 249 g/mol. The SMILES string of the molecule is O=c1[nH]c2ccccc2n1C1=Nc2ccccc2C1.